The Morgan fingerprint density at radius 1 is 0.300 bits per heavy atom. The lowest BCUT2D eigenvalue weighted by Gasteiger charge is -2.22. The van der Waals surface area contributed by atoms with Crippen molar-refractivity contribution in [3.05, 3.63) is 205 Å². The fourth-order valence-electron chi connectivity index (χ4n) is 10.7. The predicted molar refractivity (Wildman–Crippen MR) is 261 cm³/mol. The lowest BCUT2D eigenvalue weighted by molar-refractivity contribution is 0.661. The van der Waals surface area contributed by atoms with Crippen LogP contribution in [0.1, 0.15) is 25.0 Å². The average Bonchev–Trinajstić information content (AvgIpc) is 3.79. The van der Waals surface area contributed by atoms with Gasteiger partial charge in [-0.15, -0.1) is 11.3 Å². The van der Waals surface area contributed by atoms with E-state index in [9.17, 15) is 0 Å². The highest BCUT2D eigenvalue weighted by Gasteiger charge is 2.37. The third-order valence-corrected chi connectivity index (χ3v) is 14.9. The van der Waals surface area contributed by atoms with Gasteiger partial charge in [-0.1, -0.05) is 190 Å². The Hall–Kier alpha value is -7.06. The maximum atomic E-state index is 2.47. The number of fused-ring (bicyclic) bond motifs is 13. The van der Waals surface area contributed by atoms with Crippen molar-refractivity contribution in [2.24, 2.45) is 0 Å². The molecule has 0 fully saturated rings. The molecule has 0 bridgehead atoms. The van der Waals surface area contributed by atoms with Crippen molar-refractivity contribution in [3.8, 4) is 44.5 Å². The van der Waals surface area contributed by atoms with Gasteiger partial charge in [0.15, 0.2) is 0 Å². The monoisotopic (exact) mass is 778 g/mol. The molecule has 0 aliphatic heterocycles. The SMILES string of the molecule is CC1(C)c2cc(-c3ccc4cc(-c5c6ccccc6c(-c6cccc7ccccc67)c6ccccc56)ccc4c3)ccc2-c2c1ccc1c2sc2c3ccccc3ccc12. The Balaban J connectivity index is 0.928. The zero-order chi connectivity index (χ0) is 39.7. The molecule has 1 aliphatic carbocycles. The Labute approximate surface area is 352 Å². The van der Waals surface area contributed by atoms with Gasteiger partial charge in [-0.2, -0.15) is 0 Å². The molecule has 60 heavy (non-hydrogen) atoms. The zero-order valence-electron chi connectivity index (χ0n) is 33.4. The quantitative estimate of drug-likeness (QED) is 0.157. The Morgan fingerprint density at radius 2 is 0.817 bits per heavy atom. The third kappa shape index (κ3) is 4.73. The summed E-state index contributed by atoms with van der Waals surface area (Å²) < 4.78 is 2.79. The number of benzene rings is 11. The first-order valence-corrected chi connectivity index (χ1v) is 21.8. The number of hydrogen-bond acceptors (Lipinski definition) is 1. The Bertz CT molecular complexity index is 3740. The van der Waals surface area contributed by atoms with Gasteiger partial charge >= 0.3 is 0 Å². The highest BCUT2D eigenvalue weighted by Crippen LogP contribution is 2.55. The molecule has 0 unspecified atom stereocenters. The molecule has 1 aliphatic rings. The van der Waals surface area contributed by atoms with Crippen molar-refractivity contribution >= 4 is 85.4 Å². The summed E-state index contributed by atoms with van der Waals surface area (Å²) in [6.45, 7) is 4.81. The highest BCUT2D eigenvalue weighted by molar-refractivity contribution is 7.27. The van der Waals surface area contributed by atoms with Crippen molar-refractivity contribution < 1.29 is 0 Å². The summed E-state index contributed by atoms with van der Waals surface area (Å²) in [6, 6.07) is 72.9. The molecule has 11 aromatic carbocycles. The molecule has 13 rings (SSSR count). The van der Waals surface area contributed by atoms with E-state index in [2.05, 4.69) is 208 Å². The normalized spacial score (nSPS) is 13.3. The van der Waals surface area contributed by atoms with Crippen molar-refractivity contribution in [1.29, 1.82) is 0 Å². The summed E-state index contributed by atoms with van der Waals surface area (Å²) in [5.41, 5.74) is 13.1. The Kier molecular flexibility index (Phi) is 7.04. The molecule has 0 atom stereocenters. The van der Waals surface area contributed by atoms with Crippen LogP contribution in [0.25, 0.3) is 119 Å². The minimum atomic E-state index is -0.104. The molecule has 0 saturated heterocycles. The summed E-state index contributed by atoms with van der Waals surface area (Å²) in [4.78, 5) is 0. The molecule has 0 radical (unpaired) electrons. The van der Waals surface area contributed by atoms with Crippen LogP contribution in [-0.4, -0.2) is 0 Å². The van der Waals surface area contributed by atoms with E-state index in [4.69, 9.17) is 0 Å². The van der Waals surface area contributed by atoms with E-state index in [0.29, 0.717) is 0 Å². The molecular weight excluding hydrogens is 741 g/mol. The van der Waals surface area contributed by atoms with E-state index in [1.807, 2.05) is 11.3 Å². The van der Waals surface area contributed by atoms with E-state index >= 15 is 0 Å². The second-order valence-corrected chi connectivity index (χ2v) is 18.2. The van der Waals surface area contributed by atoms with Crippen LogP contribution in [-0.2, 0) is 5.41 Å². The molecule has 1 heteroatoms. The first-order valence-electron chi connectivity index (χ1n) is 21.0. The number of rotatable bonds is 3. The molecule has 0 nitrogen and oxygen atoms in total. The molecule has 1 heterocycles. The van der Waals surface area contributed by atoms with E-state index < -0.39 is 0 Å². The van der Waals surface area contributed by atoms with Gasteiger partial charge in [0.05, 0.1) is 0 Å². The first kappa shape index (κ1) is 33.9. The van der Waals surface area contributed by atoms with Crippen LogP contribution in [0.5, 0.6) is 0 Å². The molecule has 0 amide bonds. The standard InChI is InChI=1S/C59H38S/c1-59(2)52-31-30-50-49-28-26-36-13-4-6-16-43(36)57(49)60-58(50)56(52)51-29-27-40(34-53(51)59)38-22-23-39-33-41(25-24-37(39)32-38)54-45-17-7-9-19-47(45)55(48-20-10-8-18-46(48)54)44-21-11-14-35-12-3-5-15-42(35)44/h3-34H,1-2H3. The van der Waals surface area contributed by atoms with Gasteiger partial charge < -0.3 is 0 Å². The maximum absolute atomic E-state index is 2.47. The van der Waals surface area contributed by atoms with Crippen LogP contribution in [0.4, 0.5) is 0 Å². The van der Waals surface area contributed by atoms with Gasteiger partial charge in [0, 0.05) is 31.2 Å². The fourth-order valence-corrected chi connectivity index (χ4v) is 12.1. The van der Waals surface area contributed by atoms with Crippen molar-refractivity contribution in [2.75, 3.05) is 0 Å². The van der Waals surface area contributed by atoms with Gasteiger partial charge in [0.25, 0.3) is 0 Å². The van der Waals surface area contributed by atoms with Crippen molar-refractivity contribution in [2.45, 2.75) is 19.3 Å². The smallest absolute Gasteiger partial charge is 0.0437 e. The van der Waals surface area contributed by atoms with Gasteiger partial charge in [-0.05, 0) is 122 Å². The summed E-state index contributed by atoms with van der Waals surface area (Å²) in [5.74, 6) is 0. The zero-order valence-corrected chi connectivity index (χ0v) is 34.2. The largest absolute Gasteiger partial charge is 0.134 e. The van der Waals surface area contributed by atoms with Crippen molar-refractivity contribution in [1.82, 2.24) is 0 Å². The molecule has 1 aromatic heterocycles. The average molecular weight is 779 g/mol. The summed E-state index contributed by atoms with van der Waals surface area (Å²) >= 11 is 1.96. The van der Waals surface area contributed by atoms with E-state index in [1.165, 1.54) is 130 Å². The maximum Gasteiger partial charge on any atom is 0.0437 e. The van der Waals surface area contributed by atoms with E-state index in [0.717, 1.165) is 0 Å². The second-order valence-electron chi connectivity index (χ2n) is 17.2. The van der Waals surface area contributed by atoms with Crippen molar-refractivity contribution in [3.63, 3.8) is 0 Å². The molecule has 280 valence electrons. The van der Waals surface area contributed by atoms with Crippen LogP contribution in [0.2, 0.25) is 0 Å². The first-order chi connectivity index (χ1) is 29.5. The van der Waals surface area contributed by atoms with E-state index in [1.54, 1.807) is 0 Å². The van der Waals surface area contributed by atoms with Gasteiger partial charge in [-0.3, -0.25) is 0 Å². The second kappa shape index (κ2) is 12.5. The minimum Gasteiger partial charge on any atom is -0.134 e. The summed E-state index contributed by atoms with van der Waals surface area (Å²) in [6.07, 6.45) is 0. The third-order valence-electron chi connectivity index (χ3n) is 13.6. The molecular formula is C59H38S. The molecule has 0 N–H and O–H groups in total. The predicted octanol–water partition coefficient (Wildman–Crippen LogP) is 17.1. The molecule has 0 spiro atoms. The minimum absolute atomic E-state index is 0.104. The summed E-state index contributed by atoms with van der Waals surface area (Å²) in [5, 5.41) is 15.5. The number of hydrogen-bond donors (Lipinski definition) is 0. The Morgan fingerprint density at radius 3 is 1.55 bits per heavy atom. The van der Waals surface area contributed by atoms with Gasteiger partial charge in [0.2, 0.25) is 0 Å². The van der Waals surface area contributed by atoms with Gasteiger partial charge in [-0.25, -0.2) is 0 Å². The topological polar surface area (TPSA) is 0 Å². The van der Waals surface area contributed by atoms with Crippen LogP contribution >= 0.6 is 11.3 Å². The molecule has 12 aromatic rings. The van der Waals surface area contributed by atoms with Crippen LogP contribution in [0.3, 0.4) is 0 Å². The van der Waals surface area contributed by atoms with Crippen LogP contribution in [0.15, 0.2) is 194 Å². The highest BCUT2D eigenvalue weighted by atomic mass is 32.1. The van der Waals surface area contributed by atoms with Gasteiger partial charge in [0.1, 0.15) is 0 Å². The summed E-state index contributed by atoms with van der Waals surface area (Å²) in [7, 11) is 0. The fraction of sp³-hybridized carbons (Fsp3) is 0.0508. The van der Waals surface area contributed by atoms with Crippen LogP contribution < -0.4 is 0 Å². The lowest BCUT2D eigenvalue weighted by atomic mass is 9.81. The lowest BCUT2D eigenvalue weighted by Crippen LogP contribution is -2.14. The van der Waals surface area contributed by atoms with Crippen LogP contribution in [0, 0.1) is 0 Å². The van der Waals surface area contributed by atoms with E-state index in [-0.39, 0.29) is 5.41 Å². The molecule has 0 saturated carbocycles. The number of thiophene rings is 1.